The third-order valence-electron chi connectivity index (χ3n) is 5.13. The fraction of sp³-hybridized carbons (Fsp3) is 0.200. The SMILES string of the molecule is COC(=O)c1cc(OC)c(OC)cc1NC(=O)COc1ccc(S(=O)(=O)Nc2ccc(C)c(Cl)c2)cc1. The number of hydrogen-bond donors (Lipinski definition) is 2. The molecule has 0 aliphatic rings. The number of halogens is 1. The first kappa shape index (κ1) is 27.6. The van der Waals surface area contributed by atoms with Crippen molar-refractivity contribution in [2.45, 2.75) is 11.8 Å². The summed E-state index contributed by atoms with van der Waals surface area (Å²) in [5.74, 6) is -0.424. The van der Waals surface area contributed by atoms with Crippen molar-refractivity contribution in [1.82, 2.24) is 0 Å². The minimum Gasteiger partial charge on any atom is -0.493 e. The zero-order valence-electron chi connectivity index (χ0n) is 20.5. The molecule has 0 aliphatic heterocycles. The zero-order chi connectivity index (χ0) is 27.2. The summed E-state index contributed by atoms with van der Waals surface area (Å²) in [6.07, 6.45) is 0. The summed E-state index contributed by atoms with van der Waals surface area (Å²) in [7, 11) is 0.171. The molecule has 3 rings (SSSR count). The van der Waals surface area contributed by atoms with Gasteiger partial charge in [-0.05, 0) is 48.9 Å². The Morgan fingerprint density at radius 2 is 1.57 bits per heavy atom. The minimum atomic E-state index is -3.87. The van der Waals surface area contributed by atoms with Crippen molar-refractivity contribution in [2.75, 3.05) is 38.0 Å². The first-order chi connectivity index (χ1) is 17.6. The number of benzene rings is 3. The highest BCUT2D eigenvalue weighted by Gasteiger charge is 2.20. The summed E-state index contributed by atoms with van der Waals surface area (Å²) in [4.78, 5) is 24.7. The second-order valence-corrected chi connectivity index (χ2v) is 9.71. The molecule has 196 valence electrons. The Balaban J connectivity index is 1.67. The minimum absolute atomic E-state index is 0.00551. The molecular formula is C25H25ClN2O8S. The van der Waals surface area contributed by atoms with E-state index >= 15 is 0 Å². The Kier molecular flexibility index (Phi) is 8.85. The molecule has 3 aromatic carbocycles. The average molecular weight is 549 g/mol. The highest BCUT2D eigenvalue weighted by atomic mass is 35.5. The van der Waals surface area contributed by atoms with Gasteiger partial charge in [0.05, 0.1) is 43.2 Å². The van der Waals surface area contributed by atoms with Gasteiger partial charge in [-0.25, -0.2) is 13.2 Å². The maximum absolute atomic E-state index is 12.7. The van der Waals surface area contributed by atoms with Gasteiger partial charge in [-0.15, -0.1) is 0 Å². The molecule has 0 saturated carbocycles. The van der Waals surface area contributed by atoms with Crippen LogP contribution in [0.2, 0.25) is 5.02 Å². The molecule has 0 heterocycles. The molecular weight excluding hydrogens is 524 g/mol. The number of esters is 1. The number of hydrogen-bond acceptors (Lipinski definition) is 8. The number of amides is 1. The van der Waals surface area contributed by atoms with E-state index in [4.69, 9.17) is 30.5 Å². The monoisotopic (exact) mass is 548 g/mol. The van der Waals surface area contributed by atoms with Gasteiger partial charge >= 0.3 is 5.97 Å². The quantitative estimate of drug-likeness (QED) is 0.359. The second kappa shape index (κ2) is 11.8. The number of rotatable bonds is 10. The normalized spacial score (nSPS) is 10.8. The first-order valence-corrected chi connectivity index (χ1v) is 12.6. The largest absolute Gasteiger partial charge is 0.493 e. The fourth-order valence-corrected chi connectivity index (χ4v) is 4.41. The maximum Gasteiger partial charge on any atom is 0.340 e. The van der Waals surface area contributed by atoms with Crippen LogP contribution in [-0.4, -0.2) is 48.2 Å². The molecule has 1 amide bonds. The molecule has 12 heteroatoms. The molecule has 37 heavy (non-hydrogen) atoms. The summed E-state index contributed by atoms with van der Waals surface area (Å²) < 4.78 is 48.5. The average Bonchev–Trinajstić information content (AvgIpc) is 2.89. The van der Waals surface area contributed by atoms with Crippen LogP contribution in [-0.2, 0) is 19.6 Å². The Morgan fingerprint density at radius 3 is 2.16 bits per heavy atom. The van der Waals surface area contributed by atoms with Crippen LogP contribution in [0.1, 0.15) is 15.9 Å². The van der Waals surface area contributed by atoms with Crippen LogP contribution in [0.3, 0.4) is 0 Å². The molecule has 0 bridgehead atoms. The lowest BCUT2D eigenvalue weighted by atomic mass is 10.1. The van der Waals surface area contributed by atoms with Gasteiger partial charge in [0.2, 0.25) is 0 Å². The predicted octanol–water partition coefficient (Wildman–Crippen LogP) is 4.27. The molecule has 0 aliphatic carbocycles. The highest BCUT2D eigenvalue weighted by molar-refractivity contribution is 7.92. The van der Waals surface area contributed by atoms with Gasteiger partial charge in [0, 0.05) is 17.2 Å². The van der Waals surface area contributed by atoms with Gasteiger partial charge in [0.15, 0.2) is 18.1 Å². The van der Waals surface area contributed by atoms with E-state index in [0.29, 0.717) is 16.5 Å². The van der Waals surface area contributed by atoms with E-state index in [-0.39, 0.29) is 27.6 Å². The molecule has 0 spiro atoms. The standard InChI is InChI=1S/C25H25ClN2O8S/c1-15-5-6-16(11-20(15)26)28-37(31,32)18-9-7-17(8-10-18)36-14-24(29)27-21-13-23(34-3)22(33-2)12-19(21)25(30)35-4/h5-13,28H,14H2,1-4H3,(H,27,29). The number of ether oxygens (including phenoxy) is 4. The van der Waals surface area contributed by atoms with Crippen LogP contribution in [0.5, 0.6) is 17.2 Å². The van der Waals surface area contributed by atoms with Crippen LogP contribution >= 0.6 is 11.6 Å². The zero-order valence-corrected chi connectivity index (χ0v) is 22.0. The van der Waals surface area contributed by atoms with E-state index < -0.39 is 28.5 Å². The number of carbonyl (C=O) groups excluding carboxylic acids is 2. The summed E-state index contributed by atoms with van der Waals surface area (Å²) in [5.41, 5.74) is 1.35. The van der Waals surface area contributed by atoms with E-state index in [1.54, 1.807) is 12.1 Å². The molecule has 2 N–H and O–H groups in total. The molecule has 0 atom stereocenters. The van der Waals surface area contributed by atoms with Gasteiger partial charge in [0.1, 0.15) is 5.75 Å². The Hall–Kier alpha value is -3.96. The van der Waals surface area contributed by atoms with Gasteiger partial charge < -0.3 is 24.3 Å². The van der Waals surface area contributed by atoms with Crippen molar-refractivity contribution in [3.8, 4) is 17.2 Å². The number of aryl methyl sites for hydroxylation is 1. The van der Waals surface area contributed by atoms with Crippen molar-refractivity contribution in [1.29, 1.82) is 0 Å². The van der Waals surface area contributed by atoms with E-state index in [1.165, 1.54) is 63.8 Å². The van der Waals surface area contributed by atoms with Gasteiger partial charge in [-0.1, -0.05) is 17.7 Å². The number of sulfonamides is 1. The fourth-order valence-electron chi connectivity index (χ4n) is 3.18. The number of anilines is 2. The van der Waals surface area contributed by atoms with Crippen LogP contribution in [0, 0.1) is 6.92 Å². The predicted molar refractivity (Wildman–Crippen MR) is 138 cm³/mol. The van der Waals surface area contributed by atoms with Gasteiger partial charge in [-0.2, -0.15) is 0 Å². The van der Waals surface area contributed by atoms with E-state index in [1.807, 2.05) is 6.92 Å². The lowest BCUT2D eigenvalue weighted by Crippen LogP contribution is -2.22. The molecule has 0 radical (unpaired) electrons. The Bertz CT molecular complexity index is 1410. The highest BCUT2D eigenvalue weighted by Crippen LogP contribution is 2.34. The van der Waals surface area contributed by atoms with Gasteiger partial charge in [-0.3, -0.25) is 9.52 Å². The van der Waals surface area contributed by atoms with E-state index in [0.717, 1.165) is 5.56 Å². The van der Waals surface area contributed by atoms with Crippen LogP contribution in [0.25, 0.3) is 0 Å². The molecule has 10 nitrogen and oxygen atoms in total. The molecule has 0 aromatic heterocycles. The maximum atomic E-state index is 12.7. The van der Waals surface area contributed by atoms with Crippen molar-refractivity contribution < 1.29 is 37.0 Å². The van der Waals surface area contributed by atoms with Crippen LogP contribution in [0.4, 0.5) is 11.4 Å². The summed E-state index contributed by atoms with van der Waals surface area (Å²) in [6.45, 7) is 1.40. The Morgan fingerprint density at radius 1 is 0.919 bits per heavy atom. The summed E-state index contributed by atoms with van der Waals surface area (Å²) in [6, 6.07) is 13.2. The lowest BCUT2D eigenvalue weighted by Gasteiger charge is -2.15. The smallest absolute Gasteiger partial charge is 0.340 e. The van der Waals surface area contributed by atoms with E-state index in [2.05, 4.69) is 10.0 Å². The van der Waals surface area contributed by atoms with Gasteiger partial charge in [0.25, 0.3) is 15.9 Å². The molecule has 3 aromatic rings. The molecule has 0 saturated heterocycles. The lowest BCUT2D eigenvalue weighted by molar-refractivity contribution is -0.118. The third kappa shape index (κ3) is 6.83. The number of carbonyl (C=O) groups is 2. The topological polar surface area (TPSA) is 129 Å². The third-order valence-corrected chi connectivity index (χ3v) is 6.94. The van der Waals surface area contributed by atoms with Crippen molar-refractivity contribution in [2.24, 2.45) is 0 Å². The van der Waals surface area contributed by atoms with E-state index in [9.17, 15) is 18.0 Å². The van der Waals surface area contributed by atoms with Crippen LogP contribution in [0.15, 0.2) is 59.5 Å². The van der Waals surface area contributed by atoms with Crippen molar-refractivity contribution >= 4 is 44.9 Å². The molecule has 0 unspecified atom stereocenters. The van der Waals surface area contributed by atoms with Crippen molar-refractivity contribution in [3.05, 3.63) is 70.7 Å². The molecule has 0 fully saturated rings. The number of nitrogens with one attached hydrogen (secondary N) is 2. The Labute approximate surface area is 219 Å². The van der Waals surface area contributed by atoms with Crippen LogP contribution < -0.4 is 24.2 Å². The number of methoxy groups -OCH3 is 3. The van der Waals surface area contributed by atoms with Crippen molar-refractivity contribution in [3.63, 3.8) is 0 Å². The second-order valence-electron chi connectivity index (χ2n) is 7.62. The first-order valence-electron chi connectivity index (χ1n) is 10.7. The summed E-state index contributed by atoms with van der Waals surface area (Å²) in [5, 5.41) is 3.02. The summed E-state index contributed by atoms with van der Waals surface area (Å²) >= 11 is 6.06.